The van der Waals surface area contributed by atoms with E-state index in [4.69, 9.17) is 16.7 Å². The highest BCUT2D eigenvalue weighted by atomic mass is 35.5. The van der Waals surface area contributed by atoms with Crippen molar-refractivity contribution in [1.29, 1.82) is 0 Å². The second-order valence-corrected chi connectivity index (χ2v) is 6.09. The topological polar surface area (TPSA) is 40.5 Å². The normalized spacial score (nSPS) is 18.3. The van der Waals surface area contributed by atoms with Crippen LogP contribution < -0.4 is 0 Å². The van der Waals surface area contributed by atoms with E-state index in [0.29, 0.717) is 0 Å². The second-order valence-electron chi connectivity index (χ2n) is 5.68. The average Bonchev–Trinajstić information content (AvgIpc) is 3.07. The maximum absolute atomic E-state index is 10.9. The Morgan fingerprint density at radius 3 is 2.63 bits per heavy atom. The third kappa shape index (κ3) is 3.48. The summed E-state index contributed by atoms with van der Waals surface area (Å²) in [6.07, 6.45) is 2.30. The molecule has 0 aromatic heterocycles. The summed E-state index contributed by atoms with van der Waals surface area (Å²) in [6, 6.07) is 8.02. The van der Waals surface area contributed by atoms with Gasteiger partial charge in [0.1, 0.15) is 0 Å². The third-order valence-electron chi connectivity index (χ3n) is 4.08. The molecule has 4 heteroatoms. The minimum atomic E-state index is -0.698. The lowest BCUT2D eigenvalue weighted by molar-refractivity contribution is -0.138. The molecule has 2 rings (SSSR count). The highest BCUT2D eigenvalue weighted by Gasteiger charge is 2.45. The lowest BCUT2D eigenvalue weighted by Crippen LogP contribution is -2.30. The number of hydrogen-bond acceptors (Lipinski definition) is 2. The molecule has 3 nitrogen and oxygen atoms in total. The average molecular weight is 282 g/mol. The first-order valence-electron chi connectivity index (χ1n) is 6.60. The minimum Gasteiger partial charge on any atom is -0.481 e. The Bertz CT molecular complexity index is 471. The molecule has 0 saturated heterocycles. The van der Waals surface area contributed by atoms with Crippen LogP contribution in [0.3, 0.4) is 0 Å². The van der Waals surface area contributed by atoms with Crippen molar-refractivity contribution in [1.82, 2.24) is 4.90 Å². The van der Waals surface area contributed by atoms with E-state index in [-0.39, 0.29) is 17.9 Å². The summed E-state index contributed by atoms with van der Waals surface area (Å²) in [4.78, 5) is 13.1. The fourth-order valence-corrected chi connectivity index (χ4v) is 2.90. The summed E-state index contributed by atoms with van der Waals surface area (Å²) >= 11 is 6.21. The standard InChI is InChI=1S/C15H20ClNO2/c1-11(12-5-3-4-6-13(12)16)17(2)10-15(7-8-15)9-14(18)19/h3-6,11H,7-10H2,1-2H3,(H,18,19). The highest BCUT2D eigenvalue weighted by molar-refractivity contribution is 6.31. The van der Waals surface area contributed by atoms with Crippen molar-refractivity contribution >= 4 is 17.6 Å². The first kappa shape index (κ1) is 14.4. The Morgan fingerprint density at radius 2 is 2.11 bits per heavy atom. The van der Waals surface area contributed by atoms with Gasteiger partial charge in [0.25, 0.3) is 0 Å². The molecule has 0 aliphatic heterocycles. The Morgan fingerprint density at radius 1 is 1.47 bits per heavy atom. The van der Waals surface area contributed by atoms with Gasteiger partial charge in [0, 0.05) is 17.6 Å². The van der Waals surface area contributed by atoms with Gasteiger partial charge in [-0.05, 0) is 43.9 Å². The third-order valence-corrected chi connectivity index (χ3v) is 4.43. The molecule has 1 atom stereocenters. The number of hydrogen-bond donors (Lipinski definition) is 1. The lowest BCUT2D eigenvalue weighted by Gasteiger charge is -2.29. The number of nitrogens with zero attached hydrogens (tertiary/aromatic N) is 1. The molecule has 1 aromatic rings. The zero-order valence-corrected chi connectivity index (χ0v) is 12.2. The number of halogens is 1. The van der Waals surface area contributed by atoms with Crippen LogP contribution in [0, 0.1) is 5.41 Å². The van der Waals surface area contributed by atoms with Crippen LogP contribution >= 0.6 is 11.6 Å². The van der Waals surface area contributed by atoms with Crippen LogP contribution in [-0.2, 0) is 4.79 Å². The Kier molecular flexibility index (Phi) is 4.16. The van der Waals surface area contributed by atoms with Crippen LogP contribution in [0.15, 0.2) is 24.3 Å². The number of benzene rings is 1. The molecule has 1 fully saturated rings. The molecule has 0 amide bonds. The number of carboxylic acid groups (broad SMARTS) is 1. The van der Waals surface area contributed by atoms with E-state index in [9.17, 15) is 4.79 Å². The van der Waals surface area contributed by atoms with Crippen molar-refractivity contribution in [2.24, 2.45) is 5.41 Å². The van der Waals surface area contributed by atoms with Crippen LogP contribution in [0.2, 0.25) is 5.02 Å². The quantitative estimate of drug-likeness (QED) is 0.866. The van der Waals surface area contributed by atoms with Crippen LogP contribution in [0.1, 0.15) is 37.8 Å². The molecule has 0 radical (unpaired) electrons. The van der Waals surface area contributed by atoms with Crippen molar-refractivity contribution in [3.05, 3.63) is 34.9 Å². The molecule has 19 heavy (non-hydrogen) atoms. The molecule has 1 saturated carbocycles. The number of carbonyl (C=O) groups is 1. The first-order chi connectivity index (χ1) is 8.93. The first-order valence-corrected chi connectivity index (χ1v) is 6.98. The van der Waals surface area contributed by atoms with E-state index in [2.05, 4.69) is 11.8 Å². The monoisotopic (exact) mass is 281 g/mol. The van der Waals surface area contributed by atoms with Gasteiger partial charge in [0.05, 0.1) is 6.42 Å². The Hall–Kier alpha value is -1.06. The summed E-state index contributed by atoms with van der Waals surface area (Å²) in [7, 11) is 2.04. The largest absolute Gasteiger partial charge is 0.481 e. The van der Waals surface area contributed by atoms with Crippen molar-refractivity contribution < 1.29 is 9.90 Å². The summed E-state index contributed by atoms with van der Waals surface area (Å²) in [6.45, 7) is 2.92. The second kappa shape index (κ2) is 5.51. The number of rotatable bonds is 6. The van der Waals surface area contributed by atoms with Crippen LogP contribution in [0.4, 0.5) is 0 Å². The Labute approximate surface area is 119 Å². The van der Waals surface area contributed by atoms with Gasteiger partial charge >= 0.3 is 5.97 Å². The van der Waals surface area contributed by atoms with Gasteiger partial charge in [0.15, 0.2) is 0 Å². The molecule has 104 valence electrons. The Balaban J connectivity index is 2.02. The maximum atomic E-state index is 10.9. The molecule has 0 spiro atoms. The predicted molar refractivity (Wildman–Crippen MR) is 76.4 cm³/mol. The van der Waals surface area contributed by atoms with Gasteiger partial charge < -0.3 is 5.11 Å². The maximum Gasteiger partial charge on any atom is 0.303 e. The summed E-state index contributed by atoms with van der Waals surface area (Å²) in [5.41, 5.74) is 1.08. The van der Waals surface area contributed by atoms with Gasteiger partial charge in [-0.1, -0.05) is 29.8 Å². The van der Waals surface area contributed by atoms with Gasteiger partial charge in [-0.15, -0.1) is 0 Å². The van der Waals surface area contributed by atoms with Crippen LogP contribution in [-0.4, -0.2) is 29.6 Å². The van der Waals surface area contributed by atoms with E-state index < -0.39 is 5.97 Å². The van der Waals surface area contributed by atoms with Crippen molar-refractivity contribution in [2.45, 2.75) is 32.2 Å². The fraction of sp³-hybridized carbons (Fsp3) is 0.533. The van der Waals surface area contributed by atoms with Crippen molar-refractivity contribution in [2.75, 3.05) is 13.6 Å². The summed E-state index contributed by atoms with van der Waals surface area (Å²) in [5, 5.41) is 9.73. The van der Waals surface area contributed by atoms with Gasteiger partial charge in [-0.2, -0.15) is 0 Å². The van der Waals surface area contributed by atoms with Crippen molar-refractivity contribution in [3.63, 3.8) is 0 Å². The van der Waals surface area contributed by atoms with Gasteiger partial charge in [-0.25, -0.2) is 0 Å². The van der Waals surface area contributed by atoms with Gasteiger partial charge in [-0.3, -0.25) is 9.69 Å². The highest BCUT2D eigenvalue weighted by Crippen LogP contribution is 2.50. The molecule has 1 aromatic carbocycles. The SMILES string of the molecule is CC(c1ccccc1Cl)N(C)CC1(CC(=O)O)CC1. The molecule has 1 unspecified atom stereocenters. The van der Waals surface area contributed by atoms with Crippen LogP contribution in [0.5, 0.6) is 0 Å². The lowest BCUT2D eigenvalue weighted by atomic mass is 10.00. The van der Waals surface area contributed by atoms with E-state index in [0.717, 1.165) is 30.0 Å². The predicted octanol–water partition coefficient (Wildman–Crippen LogP) is 3.59. The summed E-state index contributed by atoms with van der Waals surface area (Å²) in [5.74, 6) is -0.698. The zero-order valence-electron chi connectivity index (χ0n) is 11.4. The number of carboxylic acids is 1. The molecular formula is C15H20ClNO2. The molecule has 1 aliphatic carbocycles. The summed E-state index contributed by atoms with van der Waals surface area (Å²) < 4.78 is 0. The molecule has 0 bridgehead atoms. The fourth-order valence-electron chi connectivity index (χ4n) is 2.61. The van der Waals surface area contributed by atoms with E-state index >= 15 is 0 Å². The zero-order chi connectivity index (χ0) is 14.0. The minimum absolute atomic E-state index is 0.0178. The van der Waals surface area contributed by atoms with E-state index in [1.807, 2.05) is 31.3 Å². The van der Waals surface area contributed by atoms with Gasteiger partial charge in [0.2, 0.25) is 0 Å². The van der Waals surface area contributed by atoms with E-state index in [1.54, 1.807) is 0 Å². The molecule has 1 N–H and O–H groups in total. The molecule has 1 aliphatic rings. The smallest absolute Gasteiger partial charge is 0.303 e. The van der Waals surface area contributed by atoms with Crippen molar-refractivity contribution in [3.8, 4) is 0 Å². The number of aliphatic carboxylic acids is 1. The molecular weight excluding hydrogens is 262 g/mol. The van der Waals surface area contributed by atoms with E-state index in [1.165, 1.54) is 0 Å². The van der Waals surface area contributed by atoms with Crippen LogP contribution in [0.25, 0.3) is 0 Å². The molecule has 0 heterocycles.